The zero-order chi connectivity index (χ0) is 21.0. The molecule has 7 heteroatoms. The van der Waals surface area contributed by atoms with Gasteiger partial charge in [-0.25, -0.2) is 9.59 Å². The number of rotatable bonds is 3. The van der Waals surface area contributed by atoms with E-state index in [1.807, 2.05) is 51.1 Å². The molecule has 29 heavy (non-hydrogen) atoms. The first-order valence-corrected chi connectivity index (χ1v) is 9.27. The Balaban J connectivity index is 1.65. The molecule has 0 aliphatic carbocycles. The zero-order valence-corrected chi connectivity index (χ0v) is 17.0. The summed E-state index contributed by atoms with van der Waals surface area (Å²) < 4.78 is 10.6. The Bertz CT molecular complexity index is 947. The predicted octanol–water partition coefficient (Wildman–Crippen LogP) is 5.06. The fourth-order valence-electron chi connectivity index (χ4n) is 2.86. The van der Waals surface area contributed by atoms with Gasteiger partial charge in [-0.05, 0) is 62.2 Å². The second kappa shape index (κ2) is 8.26. The van der Waals surface area contributed by atoms with Crippen molar-refractivity contribution in [1.29, 1.82) is 0 Å². The molecule has 1 heterocycles. The lowest BCUT2D eigenvalue weighted by Crippen LogP contribution is -2.34. The molecule has 0 bridgehead atoms. The summed E-state index contributed by atoms with van der Waals surface area (Å²) in [5.41, 5.74) is 2.58. The minimum Gasteiger partial charge on any atom is -0.495 e. The fourth-order valence-corrected chi connectivity index (χ4v) is 2.86. The Morgan fingerprint density at radius 2 is 1.83 bits per heavy atom. The number of ether oxygens (including phenoxy) is 2. The van der Waals surface area contributed by atoms with Crippen LogP contribution in [0.3, 0.4) is 0 Å². The van der Waals surface area contributed by atoms with Gasteiger partial charge < -0.3 is 20.1 Å². The predicted molar refractivity (Wildman–Crippen MR) is 113 cm³/mol. The van der Waals surface area contributed by atoms with Crippen LogP contribution in [-0.4, -0.2) is 29.7 Å². The second-order valence-electron chi connectivity index (χ2n) is 7.62. The van der Waals surface area contributed by atoms with E-state index in [-0.39, 0.29) is 6.03 Å². The molecule has 0 radical (unpaired) electrons. The number of hydrogen-bond donors (Lipinski definition) is 2. The van der Waals surface area contributed by atoms with Gasteiger partial charge in [0.05, 0.1) is 19.3 Å². The van der Waals surface area contributed by atoms with Crippen LogP contribution >= 0.6 is 0 Å². The standard InChI is InChI=1S/C22H25N3O4/c1-22(2,3)29-21(27)25-12-11-15-13-17(10-9-16(15)14-25)23-20(26)24-18-7-5-6-8-19(18)28-4/h5-13H,14H2,1-4H3,(H2,23,24,26). The third-order valence-electron chi connectivity index (χ3n) is 4.16. The van der Waals surface area contributed by atoms with Crippen molar-refractivity contribution >= 4 is 29.6 Å². The number of nitrogens with zero attached hydrogens (tertiary/aromatic N) is 1. The van der Waals surface area contributed by atoms with E-state index >= 15 is 0 Å². The fraction of sp³-hybridized carbons (Fsp3) is 0.273. The first kappa shape index (κ1) is 20.3. The number of amides is 3. The van der Waals surface area contributed by atoms with Crippen LogP contribution < -0.4 is 15.4 Å². The van der Waals surface area contributed by atoms with Gasteiger partial charge in [0.15, 0.2) is 0 Å². The van der Waals surface area contributed by atoms with E-state index in [9.17, 15) is 9.59 Å². The number of urea groups is 1. The van der Waals surface area contributed by atoms with Gasteiger partial charge in [0.1, 0.15) is 11.4 Å². The summed E-state index contributed by atoms with van der Waals surface area (Å²) in [5, 5.41) is 5.58. The largest absolute Gasteiger partial charge is 0.495 e. The summed E-state index contributed by atoms with van der Waals surface area (Å²) in [6, 6.07) is 12.4. The molecule has 0 fully saturated rings. The summed E-state index contributed by atoms with van der Waals surface area (Å²) in [7, 11) is 1.55. The van der Waals surface area contributed by atoms with E-state index in [1.165, 1.54) is 4.90 Å². The van der Waals surface area contributed by atoms with Crippen molar-refractivity contribution < 1.29 is 19.1 Å². The monoisotopic (exact) mass is 395 g/mol. The number of para-hydroxylation sites is 2. The number of carbonyl (C=O) groups is 2. The van der Waals surface area contributed by atoms with Crippen molar-refractivity contribution in [3.8, 4) is 5.75 Å². The maximum atomic E-state index is 12.3. The Morgan fingerprint density at radius 3 is 2.55 bits per heavy atom. The van der Waals surface area contributed by atoms with Crippen molar-refractivity contribution in [2.24, 2.45) is 0 Å². The van der Waals surface area contributed by atoms with E-state index in [1.54, 1.807) is 31.5 Å². The molecule has 3 rings (SSSR count). The Labute approximate surface area is 170 Å². The molecule has 2 aromatic rings. The minimum absolute atomic E-state index is 0.371. The lowest BCUT2D eigenvalue weighted by Gasteiger charge is -2.27. The highest BCUT2D eigenvalue weighted by atomic mass is 16.6. The zero-order valence-electron chi connectivity index (χ0n) is 17.0. The van der Waals surface area contributed by atoms with Gasteiger partial charge in [-0.1, -0.05) is 18.2 Å². The molecule has 0 atom stereocenters. The third kappa shape index (κ3) is 5.28. The van der Waals surface area contributed by atoms with Gasteiger partial charge in [-0.2, -0.15) is 0 Å². The SMILES string of the molecule is COc1ccccc1NC(=O)Nc1ccc2c(c1)C=CN(C(=O)OC(C)(C)C)C2. The summed E-state index contributed by atoms with van der Waals surface area (Å²) in [5.74, 6) is 0.582. The van der Waals surface area contributed by atoms with E-state index in [2.05, 4.69) is 10.6 Å². The van der Waals surface area contributed by atoms with Crippen LogP contribution in [0.15, 0.2) is 48.7 Å². The molecule has 2 N–H and O–H groups in total. The van der Waals surface area contributed by atoms with Gasteiger partial charge in [0, 0.05) is 11.9 Å². The smallest absolute Gasteiger partial charge is 0.414 e. The van der Waals surface area contributed by atoms with Crippen molar-refractivity contribution in [2.45, 2.75) is 32.9 Å². The van der Waals surface area contributed by atoms with Gasteiger partial charge in [0.25, 0.3) is 0 Å². The normalized spacial score (nSPS) is 12.8. The number of benzene rings is 2. The van der Waals surface area contributed by atoms with E-state index in [4.69, 9.17) is 9.47 Å². The van der Waals surface area contributed by atoms with Crippen LogP contribution in [0.5, 0.6) is 5.75 Å². The maximum Gasteiger partial charge on any atom is 0.414 e. The van der Waals surface area contributed by atoms with Gasteiger partial charge in [-0.3, -0.25) is 4.90 Å². The van der Waals surface area contributed by atoms with Crippen LogP contribution in [-0.2, 0) is 11.3 Å². The molecule has 0 saturated heterocycles. The number of carbonyl (C=O) groups excluding carboxylic acids is 2. The highest BCUT2D eigenvalue weighted by Crippen LogP contribution is 2.26. The summed E-state index contributed by atoms with van der Waals surface area (Å²) in [4.78, 5) is 26.1. The molecule has 7 nitrogen and oxygen atoms in total. The Kier molecular flexibility index (Phi) is 5.77. The number of methoxy groups -OCH3 is 1. The Morgan fingerprint density at radius 1 is 1.07 bits per heavy atom. The minimum atomic E-state index is -0.548. The summed E-state index contributed by atoms with van der Waals surface area (Å²) in [6.45, 7) is 5.91. The number of anilines is 2. The van der Waals surface area contributed by atoms with Crippen molar-refractivity contribution in [3.05, 3.63) is 59.8 Å². The lowest BCUT2D eigenvalue weighted by atomic mass is 10.0. The van der Waals surface area contributed by atoms with Crippen LogP contribution in [0.2, 0.25) is 0 Å². The van der Waals surface area contributed by atoms with Crippen LogP contribution in [0, 0.1) is 0 Å². The Hall–Kier alpha value is -3.48. The number of fused-ring (bicyclic) bond motifs is 1. The van der Waals surface area contributed by atoms with E-state index < -0.39 is 11.7 Å². The maximum absolute atomic E-state index is 12.3. The molecular weight excluding hydrogens is 370 g/mol. The van der Waals surface area contributed by atoms with Gasteiger partial charge in [-0.15, -0.1) is 0 Å². The number of nitrogens with one attached hydrogen (secondary N) is 2. The van der Waals surface area contributed by atoms with Crippen LogP contribution in [0.4, 0.5) is 21.0 Å². The molecular formula is C22H25N3O4. The molecule has 0 unspecified atom stereocenters. The molecule has 0 aromatic heterocycles. The molecule has 0 spiro atoms. The summed E-state index contributed by atoms with van der Waals surface area (Å²) >= 11 is 0. The highest BCUT2D eigenvalue weighted by molar-refractivity contribution is 6.00. The molecule has 1 aliphatic rings. The number of hydrogen-bond acceptors (Lipinski definition) is 4. The summed E-state index contributed by atoms with van der Waals surface area (Å²) in [6.07, 6.45) is 3.12. The molecule has 0 saturated carbocycles. The van der Waals surface area contributed by atoms with Crippen LogP contribution in [0.1, 0.15) is 31.9 Å². The second-order valence-corrected chi connectivity index (χ2v) is 7.62. The average Bonchev–Trinajstić information content (AvgIpc) is 2.66. The topological polar surface area (TPSA) is 79.9 Å². The van der Waals surface area contributed by atoms with Crippen molar-refractivity contribution in [3.63, 3.8) is 0 Å². The quantitative estimate of drug-likeness (QED) is 0.761. The average molecular weight is 395 g/mol. The van der Waals surface area contributed by atoms with E-state index in [0.29, 0.717) is 23.7 Å². The van der Waals surface area contributed by atoms with E-state index in [0.717, 1.165) is 11.1 Å². The van der Waals surface area contributed by atoms with Gasteiger partial charge >= 0.3 is 12.1 Å². The van der Waals surface area contributed by atoms with Crippen molar-refractivity contribution in [1.82, 2.24) is 4.90 Å². The molecule has 152 valence electrons. The lowest BCUT2D eigenvalue weighted by molar-refractivity contribution is 0.0322. The van der Waals surface area contributed by atoms with Gasteiger partial charge in [0.2, 0.25) is 0 Å². The first-order valence-electron chi connectivity index (χ1n) is 9.27. The van der Waals surface area contributed by atoms with Crippen molar-refractivity contribution in [2.75, 3.05) is 17.7 Å². The first-order chi connectivity index (χ1) is 13.7. The molecule has 2 aromatic carbocycles. The highest BCUT2D eigenvalue weighted by Gasteiger charge is 2.23. The third-order valence-corrected chi connectivity index (χ3v) is 4.16. The van der Waals surface area contributed by atoms with Crippen LogP contribution in [0.25, 0.3) is 6.08 Å². The molecule has 1 aliphatic heterocycles. The molecule has 3 amide bonds.